The van der Waals surface area contributed by atoms with Crippen LogP contribution in [-0.4, -0.2) is 16.1 Å². The Hall–Kier alpha value is -0.850. The van der Waals surface area contributed by atoms with Crippen LogP contribution in [0, 0.1) is 0 Å². The Morgan fingerprint density at radius 2 is 2.30 bits per heavy atom. The lowest BCUT2D eigenvalue weighted by Crippen LogP contribution is -1.98. The lowest BCUT2D eigenvalue weighted by Gasteiger charge is -2.05. The van der Waals surface area contributed by atoms with E-state index in [0.717, 1.165) is 32.9 Å². The number of carbonyl (C=O) groups is 1. The molecule has 0 amide bonds. The van der Waals surface area contributed by atoms with Gasteiger partial charge in [0.05, 0.1) is 16.3 Å². The lowest BCUT2D eigenvalue weighted by atomic mass is 10.2. The molecule has 20 heavy (non-hydrogen) atoms. The first-order valence-electron chi connectivity index (χ1n) is 6.19. The molecular formula is C14H14BrNO2S2. The van der Waals surface area contributed by atoms with Gasteiger partial charge in [-0.25, -0.2) is 9.78 Å². The van der Waals surface area contributed by atoms with E-state index in [0.29, 0.717) is 11.3 Å². The van der Waals surface area contributed by atoms with E-state index in [1.165, 1.54) is 11.8 Å². The highest BCUT2D eigenvalue weighted by atomic mass is 79.9. The maximum Gasteiger partial charge on any atom is 0.336 e. The van der Waals surface area contributed by atoms with Gasteiger partial charge in [-0.1, -0.05) is 22.9 Å². The van der Waals surface area contributed by atoms with Gasteiger partial charge in [-0.15, -0.1) is 23.1 Å². The first kappa shape index (κ1) is 15.5. The molecule has 1 aromatic heterocycles. The van der Waals surface area contributed by atoms with E-state index in [1.54, 1.807) is 23.5 Å². The predicted molar refractivity (Wildman–Crippen MR) is 86.8 cm³/mol. The van der Waals surface area contributed by atoms with Crippen molar-refractivity contribution in [3.8, 4) is 0 Å². The topological polar surface area (TPSA) is 50.2 Å². The van der Waals surface area contributed by atoms with Gasteiger partial charge in [0, 0.05) is 20.5 Å². The average Bonchev–Trinajstić information content (AvgIpc) is 2.84. The molecule has 2 aromatic rings. The minimum Gasteiger partial charge on any atom is -0.478 e. The van der Waals surface area contributed by atoms with Crippen molar-refractivity contribution in [3.05, 3.63) is 44.3 Å². The van der Waals surface area contributed by atoms with Crippen molar-refractivity contribution >= 4 is 45.0 Å². The Labute approximate surface area is 134 Å². The van der Waals surface area contributed by atoms with E-state index in [4.69, 9.17) is 0 Å². The van der Waals surface area contributed by atoms with Crippen molar-refractivity contribution in [3.63, 3.8) is 0 Å². The molecule has 2 rings (SSSR count). The third kappa shape index (κ3) is 4.07. The van der Waals surface area contributed by atoms with Gasteiger partial charge in [0.15, 0.2) is 0 Å². The van der Waals surface area contributed by atoms with Crippen molar-refractivity contribution < 1.29 is 9.90 Å². The predicted octanol–water partition coefficient (Wildman–Crippen LogP) is 4.85. The van der Waals surface area contributed by atoms with E-state index in [9.17, 15) is 9.90 Å². The summed E-state index contributed by atoms with van der Waals surface area (Å²) < 4.78 is 0.884. The number of carboxylic acid groups (broad SMARTS) is 1. The molecular weight excluding hydrogens is 358 g/mol. The van der Waals surface area contributed by atoms with Gasteiger partial charge in [0.1, 0.15) is 0 Å². The standard InChI is InChI=1S/C14H14BrNO2S2/c1-2-3-13-16-10(8-20-13)7-19-12-6-9(15)4-5-11(12)14(17)18/h4-6,8H,2-3,7H2,1H3,(H,17,18). The van der Waals surface area contributed by atoms with Crippen LogP contribution in [0.25, 0.3) is 0 Å². The van der Waals surface area contributed by atoms with E-state index in [2.05, 4.69) is 33.2 Å². The van der Waals surface area contributed by atoms with E-state index in [1.807, 2.05) is 6.07 Å². The number of halogens is 1. The molecule has 1 aromatic carbocycles. The van der Waals surface area contributed by atoms with Gasteiger partial charge < -0.3 is 5.11 Å². The monoisotopic (exact) mass is 371 g/mol. The minimum absolute atomic E-state index is 0.335. The Balaban J connectivity index is 2.09. The van der Waals surface area contributed by atoms with Crippen LogP contribution in [0.5, 0.6) is 0 Å². The fraction of sp³-hybridized carbons (Fsp3) is 0.286. The van der Waals surface area contributed by atoms with Crippen LogP contribution < -0.4 is 0 Å². The van der Waals surface area contributed by atoms with Crippen molar-refractivity contribution in [1.29, 1.82) is 0 Å². The Morgan fingerprint density at radius 1 is 1.50 bits per heavy atom. The number of hydrogen-bond acceptors (Lipinski definition) is 4. The summed E-state index contributed by atoms with van der Waals surface area (Å²) in [5.74, 6) is -0.207. The van der Waals surface area contributed by atoms with E-state index < -0.39 is 5.97 Å². The molecule has 0 unspecified atom stereocenters. The third-order valence-corrected chi connectivity index (χ3v) is 5.15. The Kier molecular flexibility index (Phi) is 5.63. The van der Waals surface area contributed by atoms with Gasteiger partial charge >= 0.3 is 5.97 Å². The molecule has 0 saturated heterocycles. The van der Waals surface area contributed by atoms with Crippen molar-refractivity contribution in [2.24, 2.45) is 0 Å². The average molecular weight is 372 g/mol. The molecule has 0 radical (unpaired) electrons. The molecule has 0 aliphatic carbocycles. The minimum atomic E-state index is -0.898. The number of aromatic carboxylic acids is 1. The molecule has 0 fully saturated rings. The highest BCUT2D eigenvalue weighted by Crippen LogP contribution is 2.29. The van der Waals surface area contributed by atoms with Crippen LogP contribution in [0.2, 0.25) is 0 Å². The molecule has 0 saturated carbocycles. The normalized spacial score (nSPS) is 10.7. The molecule has 1 N–H and O–H groups in total. The van der Waals surface area contributed by atoms with Crippen LogP contribution in [0.1, 0.15) is 34.4 Å². The zero-order valence-electron chi connectivity index (χ0n) is 10.9. The fourth-order valence-corrected chi connectivity index (χ4v) is 4.18. The van der Waals surface area contributed by atoms with Crippen LogP contribution in [0.15, 0.2) is 32.9 Å². The molecule has 3 nitrogen and oxygen atoms in total. The zero-order chi connectivity index (χ0) is 14.5. The first-order chi connectivity index (χ1) is 9.60. The number of thiazole rings is 1. The molecule has 0 spiro atoms. The maximum atomic E-state index is 11.2. The molecule has 0 bridgehead atoms. The summed E-state index contributed by atoms with van der Waals surface area (Å²) in [4.78, 5) is 16.5. The van der Waals surface area contributed by atoms with Gasteiger partial charge in [-0.2, -0.15) is 0 Å². The molecule has 106 valence electrons. The number of aryl methyl sites for hydroxylation is 1. The summed E-state index contributed by atoms with van der Waals surface area (Å²) in [6.45, 7) is 2.14. The fourth-order valence-electron chi connectivity index (χ4n) is 1.69. The zero-order valence-corrected chi connectivity index (χ0v) is 14.1. The van der Waals surface area contributed by atoms with Crippen molar-refractivity contribution in [2.45, 2.75) is 30.4 Å². The Morgan fingerprint density at radius 3 is 3.00 bits per heavy atom. The van der Waals surface area contributed by atoms with Crippen LogP contribution in [0.3, 0.4) is 0 Å². The third-order valence-electron chi connectivity index (χ3n) is 2.61. The SMILES string of the molecule is CCCc1nc(CSc2cc(Br)ccc2C(=O)O)cs1. The highest BCUT2D eigenvalue weighted by molar-refractivity contribution is 9.10. The van der Waals surface area contributed by atoms with Gasteiger partial charge in [-0.3, -0.25) is 0 Å². The first-order valence-corrected chi connectivity index (χ1v) is 8.85. The summed E-state index contributed by atoms with van der Waals surface area (Å²) in [7, 11) is 0. The number of hydrogen-bond donors (Lipinski definition) is 1. The quantitative estimate of drug-likeness (QED) is 0.737. The smallest absolute Gasteiger partial charge is 0.336 e. The molecule has 6 heteroatoms. The molecule has 1 heterocycles. The molecule has 0 atom stereocenters. The lowest BCUT2D eigenvalue weighted by molar-refractivity contribution is 0.0693. The van der Waals surface area contributed by atoms with Gasteiger partial charge in [-0.05, 0) is 31.0 Å². The van der Waals surface area contributed by atoms with Crippen molar-refractivity contribution in [2.75, 3.05) is 0 Å². The summed E-state index contributed by atoms with van der Waals surface area (Å²) in [5, 5.41) is 12.4. The van der Waals surface area contributed by atoms with Crippen LogP contribution in [0.4, 0.5) is 0 Å². The number of nitrogens with zero attached hydrogens (tertiary/aromatic N) is 1. The largest absolute Gasteiger partial charge is 0.478 e. The van der Waals surface area contributed by atoms with E-state index >= 15 is 0 Å². The van der Waals surface area contributed by atoms with E-state index in [-0.39, 0.29) is 0 Å². The number of thioether (sulfide) groups is 1. The van der Waals surface area contributed by atoms with Crippen LogP contribution >= 0.6 is 39.0 Å². The number of rotatable bonds is 6. The molecule has 0 aliphatic heterocycles. The number of aromatic nitrogens is 1. The highest BCUT2D eigenvalue weighted by Gasteiger charge is 2.11. The second-order valence-corrected chi connectivity index (χ2v) is 7.09. The second kappa shape index (κ2) is 7.24. The number of carboxylic acids is 1. The summed E-state index contributed by atoms with van der Waals surface area (Å²) in [6, 6.07) is 5.21. The van der Waals surface area contributed by atoms with Gasteiger partial charge in [0.2, 0.25) is 0 Å². The Bertz CT molecular complexity index is 613. The summed E-state index contributed by atoms with van der Waals surface area (Å²) in [6.07, 6.45) is 2.10. The second-order valence-electron chi connectivity index (χ2n) is 4.22. The maximum absolute atomic E-state index is 11.2. The van der Waals surface area contributed by atoms with Crippen molar-refractivity contribution in [1.82, 2.24) is 4.98 Å². The summed E-state index contributed by atoms with van der Waals surface area (Å²) >= 11 is 6.56. The van der Waals surface area contributed by atoms with Gasteiger partial charge in [0.25, 0.3) is 0 Å². The summed E-state index contributed by atoms with van der Waals surface area (Å²) in [5.41, 5.74) is 1.35. The van der Waals surface area contributed by atoms with Crippen LogP contribution in [-0.2, 0) is 12.2 Å². The molecule has 0 aliphatic rings. The number of benzene rings is 1.